The molecule has 12 N–H and O–H groups in total. The van der Waals surface area contributed by atoms with Crippen molar-refractivity contribution in [3.05, 3.63) is 0 Å². The van der Waals surface area contributed by atoms with Crippen molar-refractivity contribution in [3.8, 4) is 0 Å². The molecule has 0 saturated carbocycles. The van der Waals surface area contributed by atoms with E-state index in [2.05, 4.69) is 147 Å². The zero-order valence-corrected chi connectivity index (χ0v) is 59.7. The molecule has 9 saturated heterocycles. The maximum Gasteiger partial charge on any atom is 0.432 e. The van der Waals surface area contributed by atoms with Gasteiger partial charge in [-0.3, -0.25) is 23.7 Å². The molecule has 0 spiro atoms. The van der Waals surface area contributed by atoms with Crippen LogP contribution in [-0.4, -0.2) is 195 Å². The normalized spacial score (nSPS) is 31.4. The molecule has 7 amide bonds. The smallest absolute Gasteiger partial charge is 0.432 e. The fraction of sp³-hybridized carbons (Fsp3) is 0.900. The zero-order chi connectivity index (χ0) is 68.6. The van der Waals surface area contributed by atoms with Gasteiger partial charge in [0.1, 0.15) is 12.1 Å². The number of likely N-dealkylation sites (tertiary alicyclic amines) is 1. The van der Waals surface area contributed by atoms with Gasteiger partial charge < -0.3 is 57.2 Å². The molecule has 9 heterocycles. The van der Waals surface area contributed by atoms with Crippen molar-refractivity contribution in [2.75, 3.05) is 13.1 Å². The van der Waals surface area contributed by atoms with Crippen molar-refractivity contribution in [2.45, 2.75) is 332 Å². The van der Waals surface area contributed by atoms with Gasteiger partial charge in [-0.2, -0.15) is 8.42 Å². The molecule has 0 bridgehead atoms. The number of β-lactam (4-membered cyclic amide) rings is 2. The molecule has 9 aliphatic rings. The third kappa shape index (κ3) is 22.2. The van der Waals surface area contributed by atoms with Crippen LogP contribution in [0.2, 0.25) is 0 Å². The number of hydrogen-bond acceptors (Lipinski definition) is 18. The molecule has 90 heavy (non-hydrogen) atoms. The van der Waals surface area contributed by atoms with Gasteiger partial charge in [-0.1, -0.05) is 0 Å². The van der Waals surface area contributed by atoms with Gasteiger partial charge in [0.05, 0.1) is 28.3 Å². The lowest BCUT2D eigenvalue weighted by Crippen LogP contribution is -2.95. The van der Waals surface area contributed by atoms with Crippen LogP contribution in [0.3, 0.4) is 0 Å². The Bertz CT molecular complexity index is 2840. The molecular formula is C60H113N13O14S3. The first-order valence-electron chi connectivity index (χ1n) is 32.1. The van der Waals surface area contributed by atoms with Gasteiger partial charge in [0.2, 0.25) is 0 Å². The van der Waals surface area contributed by atoms with Crippen molar-refractivity contribution in [1.29, 1.82) is 0 Å². The van der Waals surface area contributed by atoms with Crippen LogP contribution in [-0.2, 0) is 55.6 Å². The van der Waals surface area contributed by atoms with E-state index in [0.29, 0.717) is 51.7 Å². The molecule has 9 aliphatic heterocycles. The highest BCUT2D eigenvalue weighted by Crippen LogP contribution is 2.37. The Hall–Kier alpha value is -3.69. The summed E-state index contributed by atoms with van der Waals surface area (Å²) in [5.41, 5.74) is 6.37. The van der Waals surface area contributed by atoms with Crippen LogP contribution in [0.5, 0.6) is 0 Å². The Kier molecular flexibility index (Phi) is 24.2. The Balaban J connectivity index is 0.000000211. The van der Waals surface area contributed by atoms with E-state index in [1.165, 1.54) is 11.3 Å². The topological polar surface area (TPSA) is 380 Å². The van der Waals surface area contributed by atoms with Gasteiger partial charge in [-0.05, 0) is 215 Å². The number of carbonyl (C=O) groups is 6. The molecule has 0 aromatic heterocycles. The van der Waals surface area contributed by atoms with E-state index >= 15 is 0 Å². The van der Waals surface area contributed by atoms with Crippen molar-refractivity contribution in [3.63, 3.8) is 0 Å². The maximum atomic E-state index is 12.7. The van der Waals surface area contributed by atoms with Crippen molar-refractivity contribution in [2.24, 2.45) is 5.73 Å². The monoisotopic (exact) mass is 1340 g/mol. The average Bonchev–Trinajstić information content (AvgIpc) is 1.44. The van der Waals surface area contributed by atoms with Crippen LogP contribution < -0.4 is 47.7 Å². The molecule has 30 heteroatoms. The minimum Gasteiger partial charge on any atom is -0.731 e. The van der Waals surface area contributed by atoms with E-state index in [9.17, 15) is 54.4 Å². The summed E-state index contributed by atoms with van der Waals surface area (Å²) in [6.07, 6.45) is 11.9. The van der Waals surface area contributed by atoms with Crippen LogP contribution in [0.1, 0.15) is 234 Å². The number of nitrogens with zero attached hydrogens (tertiary/aromatic N) is 4. The number of hydrogen-bond donors (Lipinski definition) is 10. The Morgan fingerprint density at radius 3 is 1.48 bits per heavy atom. The number of imide groups is 1. The molecule has 0 aromatic carbocycles. The predicted molar refractivity (Wildman–Crippen MR) is 343 cm³/mol. The Labute approximate surface area is 539 Å². The van der Waals surface area contributed by atoms with Crippen molar-refractivity contribution < 1.29 is 69.1 Å². The first kappa shape index (κ1) is 77.0. The van der Waals surface area contributed by atoms with Gasteiger partial charge in [0, 0.05) is 94.3 Å². The van der Waals surface area contributed by atoms with Gasteiger partial charge in [-0.25, -0.2) is 35.5 Å². The minimum atomic E-state index is -4.56. The minimum absolute atomic E-state index is 0.00921. The van der Waals surface area contributed by atoms with Crippen LogP contribution in [0.15, 0.2) is 0 Å². The highest BCUT2D eigenvalue weighted by molar-refractivity contribution is 7.84. The summed E-state index contributed by atoms with van der Waals surface area (Å²) >= 11 is 0. The van der Waals surface area contributed by atoms with E-state index < -0.39 is 73.4 Å². The summed E-state index contributed by atoms with van der Waals surface area (Å²) in [4.78, 5) is 76.9. The summed E-state index contributed by atoms with van der Waals surface area (Å²) in [6, 6.07) is -1.89. The Morgan fingerprint density at radius 1 is 0.611 bits per heavy atom. The molecule has 9 rings (SSSR count). The fourth-order valence-corrected chi connectivity index (χ4v) is 17.6. The lowest BCUT2D eigenvalue weighted by Gasteiger charge is -2.42. The predicted octanol–water partition coefficient (Wildman–Crippen LogP) is 3.33. The second-order valence-electron chi connectivity index (χ2n) is 32.6. The summed E-state index contributed by atoms with van der Waals surface area (Å²) in [6.45, 7) is 41.9. The van der Waals surface area contributed by atoms with Crippen LogP contribution in [0.4, 0.5) is 9.59 Å². The average molecular weight is 1340 g/mol. The first-order chi connectivity index (χ1) is 40.6. The fourth-order valence-electron chi connectivity index (χ4n) is 14.9. The highest BCUT2D eigenvalue weighted by Gasteiger charge is 2.60. The largest absolute Gasteiger partial charge is 0.731 e. The second kappa shape index (κ2) is 28.3. The summed E-state index contributed by atoms with van der Waals surface area (Å²) in [5, 5.41) is 22.7. The first-order valence-corrected chi connectivity index (χ1v) is 36.0. The number of hydroxylamine groups is 2. The van der Waals surface area contributed by atoms with E-state index in [-0.39, 0.29) is 92.1 Å². The molecule has 9 atom stereocenters. The third-order valence-electron chi connectivity index (χ3n) is 17.9. The second-order valence-corrected chi connectivity index (χ2v) is 37.1. The number of amides is 7. The van der Waals surface area contributed by atoms with Crippen LogP contribution in [0, 0.1) is 0 Å². The number of fused-ring (bicyclic) bond motifs is 2. The number of urea groups is 1. The molecule has 0 radical (unpaired) electrons. The highest BCUT2D eigenvalue weighted by atomic mass is 32.2. The van der Waals surface area contributed by atoms with E-state index in [0.717, 1.165) is 70.6 Å². The molecule has 520 valence electrons. The molecule has 0 aliphatic carbocycles. The third-order valence-corrected chi connectivity index (χ3v) is 21.4. The van der Waals surface area contributed by atoms with Crippen molar-refractivity contribution in [1.82, 2.24) is 55.2 Å². The standard InChI is InChI=1S/C16H28N4O5S.C15H25N3O4.C14H30N2OS.C10H22N2.C5H8N2O4S/c1-15(2)7-5-10(9-16(3,4)18-15)17-14(22)19-8-6-11-12(19)13(21)20(11)26(23,24)25;1-14(2)8-7-10(9-15(3,4)17-14)16-13(21)22-18-11(19)5-6-12(18)20;1-12(2,3)18(17)15-11-8-9-13(4,5)16-14(6,7)10-11;1-9(2)6-5-8(11)7-10(3,4)12-9;8-5-4-3(1-2-6-4)7(5)12(9,10)11/h10-12,18H,5-9H2,1-4H3,(H,17,22)(H,23,24,25);10,17H,5-9H2,1-4H3,(H,16,21);11,15-16H,8-10H2,1-7H3;8,12H,5-7,11H2,1-4H3;3-4,6H,1-2H2,(H,9,10,11)/t10?,11-,12+;;;;3-,4+/m1...1/s1. The van der Waals surface area contributed by atoms with E-state index in [1.807, 2.05) is 20.8 Å². The lowest BCUT2D eigenvalue weighted by molar-refractivity contribution is -0.664. The van der Waals surface area contributed by atoms with Crippen molar-refractivity contribution >= 4 is 67.3 Å². The summed E-state index contributed by atoms with van der Waals surface area (Å²) in [7, 11) is -10.1. The number of nitrogens with one attached hydrogen (secondary N) is 7. The molecule has 0 aromatic rings. The number of quaternary nitrogens is 1. The maximum absolute atomic E-state index is 12.7. The quantitative estimate of drug-likeness (QED) is 0.0992. The van der Waals surface area contributed by atoms with E-state index in [4.69, 9.17) is 15.1 Å². The van der Waals surface area contributed by atoms with Crippen LogP contribution in [0.25, 0.3) is 0 Å². The Morgan fingerprint density at radius 2 is 1.03 bits per heavy atom. The molecule has 9 fully saturated rings. The zero-order valence-electron chi connectivity index (χ0n) is 57.3. The van der Waals surface area contributed by atoms with E-state index in [1.54, 1.807) is 5.32 Å². The SMILES string of the molecule is CC1(C)CCC(N)CC(C)(C)N1.CC1(C)CCC(NC(=O)N2CC[C@@H]3[C@H]2C(=O)N3S(=O)(=O)O)CC(C)(C)N1.CC1(C)CCC(NC(=O)ON2C(=O)CCC2=O)CC(C)(C)N1.CC1(C)CCC(NS(=O)C(C)(C)C)CC(C)(C)N1.O=C1[C@H]2[NH2+]CC[C@H]2N1S(=O)(=O)[O-]. The summed E-state index contributed by atoms with van der Waals surface area (Å²) in [5.74, 6) is -2.24. The summed E-state index contributed by atoms with van der Waals surface area (Å²) < 4.78 is 79.4. The van der Waals surface area contributed by atoms with Gasteiger partial charge in [0.25, 0.3) is 23.6 Å². The van der Waals surface area contributed by atoms with Crippen LogP contribution >= 0.6 is 0 Å². The molecule has 5 unspecified atom stereocenters. The number of nitrogens with two attached hydrogens (primary N) is 2. The van der Waals surface area contributed by atoms with Gasteiger partial charge >= 0.3 is 22.4 Å². The number of carbonyl (C=O) groups excluding carboxylic acids is 6. The molecular weight excluding hydrogens is 1220 g/mol. The molecule has 27 nitrogen and oxygen atoms in total. The van der Waals surface area contributed by atoms with Gasteiger partial charge in [-0.15, -0.1) is 5.06 Å². The number of rotatable bonds is 7. The van der Waals surface area contributed by atoms with Gasteiger partial charge in [0.15, 0.2) is 16.3 Å². The lowest BCUT2D eigenvalue weighted by atomic mass is 9.95.